The number of esters is 1. The summed E-state index contributed by atoms with van der Waals surface area (Å²) in [4.78, 5) is 16.1. The molecule has 5 heteroatoms. The second kappa shape index (κ2) is 7.98. The van der Waals surface area contributed by atoms with Gasteiger partial charge in [0.2, 0.25) is 5.75 Å². The van der Waals surface area contributed by atoms with Gasteiger partial charge in [0, 0.05) is 12.4 Å². The van der Waals surface area contributed by atoms with Gasteiger partial charge in [-0.25, -0.2) is 4.79 Å². The van der Waals surface area contributed by atoms with Gasteiger partial charge in [-0.3, -0.25) is 4.98 Å². The van der Waals surface area contributed by atoms with E-state index in [0.717, 1.165) is 12.0 Å². The van der Waals surface area contributed by atoms with Crippen LogP contribution < -0.4 is 14.2 Å². The summed E-state index contributed by atoms with van der Waals surface area (Å²) in [5, 5.41) is 0. The molecule has 0 atom stereocenters. The Kier molecular flexibility index (Phi) is 5.74. The van der Waals surface area contributed by atoms with Gasteiger partial charge in [0.25, 0.3) is 0 Å². The molecule has 120 valence electrons. The molecule has 0 amide bonds. The fourth-order valence-corrected chi connectivity index (χ4v) is 1.99. The van der Waals surface area contributed by atoms with Crippen molar-refractivity contribution in [2.45, 2.75) is 13.3 Å². The highest BCUT2D eigenvalue weighted by Gasteiger charge is 2.18. The molecule has 0 saturated carbocycles. The summed E-state index contributed by atoms with van der Waals surface area (Å²) < 4.78 is 16.1. The number of carbonyl (C=O) groups is 1. The Morgan fingerprint density at radius 3 is 2.43 bits per heavy atom. The molecule has 1 aromatic carbocycles. The van der Waals surface area contributed by atoms with Gasteiger partial charge in [-0.2, -0.15) is 0 Å². The molecule has 1 heterocycles. The largest absolute Gasteiger partial charge is 0.493 e. The van der Waals surface area contributed by atoms with Crippen LogP contribution in [-0.2, 0) is 0 Å². The molecule has 0 N–H and O–H groups in total. The number of pyridine rings is 1. The molecule has 0 unspecified atom stereocenters. The van der Waals surface area contributed by atoms with Crippen molar-refractivity contribution in [1.29, 1.82) is 0 Å². The quantitative estimate of drug-likeness (QED) is 0.600. The average molecular weight is 313 g/mol. The Hall–Kier alpha value is -2.82. The van der Waals surface area contributed by atoms with Crippen molar-refractivity contribution in [2.75, 3.05) is 14.2 Å². The van der Waals surface area contributed by atoms with E-state index in [1.165, 1.54) is 20.4 Å². The molecule has 5 nitrogen and oxygen atoms in total. The Bertz CT molecular complexity index is 670. The SMILES string of the molecule is CC/C=C/c1cc(OC)c(OC(=O)c2cccnc2)c(OC)c1. The number of aromatic nitrogens is 1. The van der Waals surface area contributed by atoms with Crippen molar-refractivity contribution in [3.05, 3.63) is 53.9 Å². The lowest BCUT2D eigenvalue weighted by molar-refractivity contribution is 0.0724. The van der Waals surface area contributed by atoms with E-state index in [2.05, 4.69) is 11.9 Å². The van der Waals surface area contributed by atoms with Crippen LogP contribution in [0.3, 0.4) is 0 Å². The molecule has 0 fully saturated rings. The molecule has 0 saturated heterocycles. The topological polar surface area (TPSA) is 57.7 Å². The summed E-state index contributed by atoms with van der Waals surface area (Å²) in [5.74, 6) is 0.582. The molecule has 1 aromatic heterocycles. The van der Waals surface area contributed by atoms with Crippen LogP contribution in [0.5, 0.6) is 17.2 Å². The number of rotatable bonds is 6. The van der Waals surface area contributed by atoms with Gasteiger partial charge in [0.15, 0.2) is 11.5 Å². The minimum Gasteiger partial charge on any atom is -0.493 e. The smallest absolute Gasteiger partial charge is 0.345 e. The van der Waals surface area contributed by atoms with Crippen LogP contribution in [0.15, 0.2) is 42.7 Å². The Balaban J connectivity index is 2.37. The first-order chi connectivity index (χ1) is 11.2. The maximum absolute atomic E-state index is 12.2. The fourth-order valence-electron chi connectivity index (χ4n) is 1.99. The van der Waals surface area contributed by atoms with Gasteiger partial charge in [-0.15, -0.1) is 0 Å². The van der Waals surface area contributed by atoms with Gasteiger partial charge in [-0.1, -0.05) is 19.1 Å². The first-order valence-electron chi connectivity index (χ1n) is 7.24. The molecule has 0 aliphatic carbocycles. The summed E-state index contributed by atoms with van der Waals surface area (Å²) in [6.45, 7) is 2.05. The fraction of sp³-hybridized carbons (Fsp3) is 0.222. The standard InChI is InChI=1S/C18H19NO4/c1-4-5-7-13-10-15(21-2)17(16(11-13)22-3)23-18(20)14-8-6-9-19-12-14/h5-12H,4H2,1-3H3/b7-5+. The van der Waals surface area contributed by atoms with E-state index >= 15 is 0 Å². The molecular weight excluding hydrogens is 294 g/mol. The van der Waals surface area contributed by atoms with Crippen molar-refractivity contribution in [2.24, 2.45) is 0 Å². The van der Waals surface area contributed by atoms with Crippen molar-refractivity contribution >= 4 is 12.0 Å². The minimum atomic E-state index is -0.522. The van der Waals surface area contributed by atoms with Crippen LogP contribution in [0.2, 0.25) is 0 Å². The molecule has 2 rings (SSSR count). The number of ether oxygens (including phenoxy) is 3. The monoisotopic (exact) mass is 313 g/mol. The molecule has 0 radical (unpaired) electrons. The van der Waals surface area contributed by atoms with Gasteiger partial charge in [-0.05, 0) is 36.2 Å². The zero-order chi connectivity index (χ0) is 16.7. The van der Waals surface area contributed by atoms with Crippen molar-refractivity contribution in [3.63, 3.8) is 0 Å². The van der Waals surface area contributed by atoms with E-state index < -0.39 is 5.97 Å². The van der Waals surface area contributed by atoms with E-state index in [9.17, 15) is 4.79 Å². The zero-order valence-electron chi connectivity index (χ0n) is 13.4. The third-order valence-corrected chi connectivity index (χ3v) is 3.12. The van der Waals surface area contributed by atoms with Gasteiger partial charge in [0.05, 0.1) is 19.8 Å². The average Bonchev–Trinajstić information content (AvgIpc) is 2.61. The zero-order valence-corrected chi connectivity index (χ0v) is 13.4. The summed E-state index contributed by atoms with van der Waals surface area (Å²) >= 11 is 0. The van der Waals surface area contributed by atoms with Crippen LogP contribution in [0, 0.1) is 0 Å². The Morgan fingerprint density at radius 1 is 1.22 bits per heavy atom. The molecule has 0 aliphatic rings. The number of benzene rings is 1. The first kappa shape index (κ1) is 16.5. The molecule has 0 aliphatic heterocycles. The summed E-state index contributed by atoms with van der Waals surface area (Å²) in [6, 6.07) is 6.89. The van der Waals surface area contributed by atoms with Crippen LogP contribution in [-0.4, -0.2) is 25.2 Å². The van der Waals surface area contributed by atoms with Gasteiger partial charge >= 0.3 is 5.97 Å². The predicted molar refractivity (Wildman–Crippen MR) is 88.1 cm³/mol. The van der Waals surface area contributed by atoms with Crippen LogP contribution in [0.4, 0.5) is 0 Å². The highest BCUT2D eigenvalue weighted by molar-refractivity contribution is 5.91. The highest BCUT2D eigenvalue weighted by atomic mass is 16.6. The van der Waals surface area contributed by atoms with E-state index in [1.54, 1.807) is 30.5 Å². The molecule has 23 heavy (non-hydrogen) atoms. The van der Waals surface area contributed by atoms with Gasteiger partial charge in [0.1, 0.15) is 0 Å². The maximum Gasteiger partial charge on any atom is 0.345 e. The van der Waals surface area contributed by atoms with Crippen LogP contribution in [0.1, 0.15) is 29.3 Å². The van der Waals surface area contributed by atoms with Gasteiger partial charge < -0.3 is 14.2 Å². The summed E-state index contributed by atoms with van der Waals surface area (Å²) in [5.41, 5.74) is 1.26. The van der Waals surface area contributed by atoms with Crippen LogP contribution >= 0.6 is 0 Å². The number of hydrogen-bond acceptors (Lipinski definition) is 5. The van der Waals surface area contributed by atoms with Crippen LogP contribution in [0.25, 0.3) is 6.08 Å². The second-order valence-electron chi connectivity index (χ2n) is 4.70. The molecular formula is C18H19NO4. The number of carbonyl (C=O) groups excluding carboxylic acids is 1. The third-order valence-electron chi connectivity index (χ3n) is 3.12. The lowest BCUT2D eigenvalue weighted by Crippen LogP contribution is -2.10. The summed E-state index contributed by atoms with van der Waals surface area (Å²) in [6.07, 6.45) is 7.93. The third kappa shape index (κ3) is 4.10. The van der Waals surface area contributed by atoms with Crippen molar-refractivity contribution < 1.29 is 19.0 Å². The lowest BCUT2D eigenvalue weighted by atomic mass is 10.1. The summed E-state index contributed by atoms with van der Waals surface area (Å²) in [7, 11) is 3.03. The second-order valence-corrected chi connectivity index (χ2v) is 4.70. The number of allylic oxidation sites excluding steroid dienone is 1. The van der Waals surface area contributed by atoms with Crippen molar-refractivity contribution in [3.8, 4) is 17.2 Å². The minimum absolute atomic E-state index is 0.248. The van der Waals surface area contributed by atoms with E-state index in [0.29, 0.717) is 17.1 Å². The van der Waals surface area contributed by atoms with E-state index in [4.69, 9.17) is 14.2 Å². The predicted octanol–water partition coefficient (Wildman–Crippen LogP) is 3.74. The van der Waals surface area contributed by atoms with Crippen molar-refractivity contribution in [1.82, 2.24) is 4.98 Å². The van der Waals surface area contributed by atoms with E-state index in [-0.39, 0.29) is 5.75 Å². The number of hydrogen-bond donors (Lipinski definition) is 0. The Morgan fingerprint density at radius 2 is 1.91 bits per heavy atom. The molecule has 2 aromatic rings. The lowest BCUT2D eigenvalue weighted by Gasteiger charge is -2.14. The van der Waals surface area contributed by atoms with E-state index in [1.807, 2.05) is 12.2 Å². The molecule has 0 spiro atoms. The number of methoxy groups -OCH3 is 2. The normalized spacial score (nSPS) is 10.6. The molecule has 0 bridgehead atoms. The Labute approximate surface area is 135 Å². The highest BCUT2D eigenvalue weighted by Crippen LogP contribution is 2.39. The number of nitrogens with zero attached hydrogens (tertiary/aromatic N) is 1. The first-order valence-corrected chi connectivity index (χ1v) is 7.24. The maximum atomic E-state index is 12.2.